The van der Waals surface area contributed by atoms with E-state index in [-0.39, 0.29) is 12.0 Å². The molecule has 1 amide bonds. The van der Waals surface area contributed by atoms with Crippen molar-refractivity contribution in [2.45, 2.75) is 65.5 Å². The Morgan fingerprint density at radius 1 is 1.11 bits per heavy atom. The maximum Gasteiger partial charge on any atom is 0.248 e. The predicted molar refractivity (Wildman–Crippen MR) is 75.7 cm³/mol. The molecule has 0 fully saturated rings. The second-order valence-electron chi connectivity index (χ2n) is 4.97. The number of amides is 1. The summed E-state index contributed by atoms with van der Waals surface area (Å²) in [6, 6.07) is 0.504. The van der Waals surface area contributed by atoms with E-state index in [1.807, 2.05) is 6.92 Å². The summed E-state index contributed by atoms with van der Waals surface area (Å²) in [6.45, 7) is 10.5. The molecule has 0 aromatic rings. The Labute approximate surface area is 112 Å². The third-order valence-corrected chi connectivity index (χ3v) is 2.69. The van der Waals surface area contributed by atoms with Gasteiger partial charge in [0, 0.05) is 19.2 Å². The maximum absolute atomic E-state index is 11.6. The summed E-state index contributed by atoms with van der Waals surface area (Å²) in [5.74, 6) is 0.00271. The van der Waals surface area contributed by atoms with Crippen LogP contribution in [0.5, 0.6) is 0 Å². The van der Waals surface area contributed by atoms with E-state index in [0.717, 1.165) is 32.4 Å². The van der Waals surface area contributed by atoms with E-state index in [4.69, 9.17) is 4.74 Å². The average Bonchev–Trinajstić information content (AvgIpc) is 2.33. The summed E-state index contributed by atoms with van der Waals surface area (Å²) in [5, 5.41) is 6.21. The van der Waals surface area contributed by atoms with Gasteiger partial charge in [0.2, 0.25) is 5.91 Å². The van der Waals surface area contributed by atoms with Crippen molar-refractivity contribution in [3.05, 3.63) is 0 Å². The molecule has 0 aliphatic carbocycles. The lowest BCUT2D eigenvalue weighted by Crippen LogP contribution is -2.35. The quantitative estimate of drug-likeness (QED) is 0.558. The molecule has 0 saturated carbocycles. The molecule has 0 aromatic heterocycles. The number of ether oxygens (including phenoxy) is 1. The van der Waals surface area contributed by atoms with E-state index in [0.29, 0.717) is 12.6 Å². The normalized spacial score (nSPS) is 12.7. The van der Waals surface area contributed by atoms with E-state index >= 15 is 0 Å². The minimum Gasteiger partial charge on any atom is -0.369 e. The van der Waals surface area contributed by atoms with E-state index in [1.54, 1.807) is 0 Å². The van der Waals surface area contributed by atoms with E-state index < -0.39 is 0 Å². The van der Waals surface area contributed by atoms with Crippen LogP contribution < -0.4 is 10.6 Å². The largest absolute Gasteiger partial charge is 0.369 e. The highest BCUT2D eigenvalue weighted by Crippen LogP contribution is 1.95. The van der Waals surface area contributed by atoms with Crippen molar-refractivity contribution in [1.82, 2.24) is 10.6 Å². The lowest BCUT2D eigenvalue weighted by atomic mass is 10.2. The molecular weight excluding hydrogens is 228 g/mol. The lowest BCUT2D eigenvalue weighted by molar-refractivity contribution is -0.131. The minimum absolute atomic E-state index is 0.00271. The standard InChI is InChI=1S/C14H30N2O2/c1-5-6-7-9-16-14(17)13(4)18-11-8-10-15-12(2)3/h12-13,15H,5-11H2,1-4H3,(H,16,17). The zero-order valence-corrected chi connectivity index (χ0v) is 12.4. The maximum atomic E-state index is 11.6. The Bertz CT molecular complexity index is 208. The highest BCUT2D eigenvalue weighted by molar-refractivity contribution is 5.80. The Morgan fingerprint density at radius 3 is 2.44 bits per heavy atom. The molecule has 0 radical (unpaired) electrons. The van der Waals surface area contributed by atoms with E-state index in [2.05, 4.69) is 31.4 Å². The first-order valence-electron chi connectivity index (χ1n) is 7.20. The molecule has 0 aromatic carbocycles. The van der Waals surface area contributed by atoms with Gasteiger partial charge in [-0.05, 0) is 26.3 Å². The second-order valence-corrected chi connectivity index (χ2v) is 4.97. The number of rotatable bonds is 11. The van der Waals surface area contributed by atoms with Crippen molar-refractivity contribution in [2.24, 2.45) is 0 Å². The van der Waals surface area contributed by atoms with E-state index in [9.17, 15) is 4.79 Å². The molecule has 0 rings (SSSR count). The Balaban J connectivity index is 3.44. The number of carbonyl (C=O) groups excluding carboxylic acids is 1. The summed E-state index contributed by atoms with van der Waals surface area (Å²) in [4.78, 5) is 11.6. The Kier molecular flexibility index (Phi) is 11.1. The SMILES string of the molecule is CCCCCNC(=O)C(C)OCCCNC(C)C. The van der Waals surface area contributed by atoms with Gasteiger partial charge >= 0.3 is 0 Å². The zero-order chi connectivity index (χ0) is 13.8. The number of hydrogen-bond acceptors (Lipinski definition) is 3. The molecular formula is C14H30N2O2. The first-order valence-corrected chi connectivity index (χ1v) is 7.20. The lowest BCUT2D eigenvalue weighted by Gasteiger charge is -2.14. The van der Waals surface area contributed by atoms with Crippen LogP contribution in [0.25, 0.3) is 0 Å². The Hall–Kier alpha value is -0.610. The van der Waals surface area contributed by atoms with Crippen LogP contribution in [0, 0.1) is 0 Å². The Morgan fingerprint density at radius 2 is 1.83 bits per heavy atom. The summed E-state index contributed by atoms with van der Waals surface area (Å²) in [7, 11) is 0. The third-order valence-electron chi connectivity index (χ3n) is 2.69. The van der Waals surface area contributed by atoms with Gasteiger partial charge in [-0.3, -0.25) is 4.79 Å². The second kappa shape index (κ2) is 11.5. The van der Waals surface area contributed by atoms with Gasteiger partial charge in [-0.2, -0.15) is 0 Å². The van der Waals surface area contributed by atoms with Crippen molar-refractivity contribution in [3.63, 3.8) is 0 Å². The van der Waals surface area contributed by atoms with Crippen LogP contribution in [0.3, 0.4) is 0 Å². The number of nitrogens with one attached hydrogen (secondary N) is 2. The molecule has 1 atom stereocenters. The third kappa shape index (κ3) is 10.5. The first kappa shape index (κ1) is 17.4. The van der Waals surface area contributed by atoms with Gasteiger partial charge in [-0.1, -0.05) is 33.6 Å². The average molecular weight is 258 g/mol. The van der Waals surface area contributed by atoms with E-state index in [1.165, 1.54) is 6.42 Å². The fourth-order valence-corrected chi connectivity index (χ4v) is 1.53. The number of carbonyl (C=O) groups is 1. The summed E-state index contributed by atoms with van der Waals surface area (Å²) in [5.41, 5.74) is 0. The minimum atomic E-state index is -0.342. The van der Waals surface area contributed by atoms with Crippen molar-refractivity contribution in [2.75, 3.05) is 19.7 Å². The molecule has 0 heterocycles. The van der Waals surface area contributed by atoms with Gasteiger partial charge in [-0.15, -0.1) is 0 Å². The first-order chi connectivity index (χ1) is 8.57. The molecule has 1 unspecified atom stereocenters. The van der Waals surface area contributed by atoms with Gasteiger partial charge in [0.1, 0.15) is 6.10 Å². The van der Waals surface area contributed by atoms with Gasteiger partial charge < -0.3 is 15.4 Å². The van der Waals surface area contributed by atoms with Crippen LogP contribution in [0.15, 0.2) is 0 Å². The van der Waals surface area contributed by atoms with Gasteiger partial charge in [0.25, 0.3) is 0 Å². The van der Waals surface area contributed by atoms with Crippen LogP contribution in [0.1, 0.15) is 53.4 Å². The summed E-state index contributed by atoms with van der Waals surface area (Å²) in [6.07, 6.45) is 3.98. The highest BCUT2D eigenvalue weighted by atomic mass is 16.5. The van der Waals surface area contributed by atoms with Crippen molar-refractivity contribution < 1.29 is 9.53 Å². The molecule has 0 saturated heterocycles. The fraction of sp³-hybridized carbons (Fsp3) is 0.929. The zero-order valence-electron chi connectivity index (χ0n) is 12.4. The molecule has 4 heteroatoms. The monoisotopic (exact) mass is 258 g/mol. The molecule has 0 bridgehead atoms. The van der Waals surface area contributed by atoms with Crippen molar-refractivity contribution in [3.8, 4) is 0 Å². The van der Waals surface area contributed by atoms with Crippen LogP contribution >= 0.6 is 0 Å². The topological polar surface area (TPSA) is 50.4 Å². The number of unbranched alkanes of at least 4 members (excludes halogenated alkanes) is 2. The van der Waals surface area contributed by atoms with Crippen molar-refractivity contribution >= 4 is 5.91 Å². The summed E-state index contributed by atoms with van der Waals surface area (Å²) >= 11 is 0. The van der Waals surface area contributed by atoms with Crippen LogP contribution in [-0.2, 0) is 9.53 Å². The molecule has 0 aliphatic heterocycles. The smallest absolute Gasteiger partial charge is 0.248 e. The van der Waals surface area contributed by atoms with Gasteiger partial charge in [-0.25, -0.2) is 0 Å². The highest BCUT2D eigenvalue weighted by Gasteiger charge is 2.11. The molecule has 0 aliphatic rings. The van der Waals surface area contributed by atoms with Crippen molar-refractivity contribution in [1.29, 1.82) is 0 Å². The predicted octanol–water partition coefficient (Wildman–Crippen LogP) is 2.09. The summed E-state index contributed by atoms with van der Waals surface area (Å²) < 4.78 is 5.49. The van der Waals surface area contributed by atoms with Crippen LogP contribution in [0.2, 0.25) is 0 Å². The van der Waals surface area contributed by atoms with Gasteiger partial charge in [0.15, 0.2) is 0 Å². The molecule has 2 N–H and O–H groups in total. The molecule has 0 spiro atoms. The molecule has 18 heavy (non-hydrogen) atoms. The molecule has 4 nitrogen and oxygen atoms in total. The van der Waals surface area contributed by atoms with Gasteiger partial charge in [0.05, 0.1) is 0 Å². The van der Waals surface area contributed by atoms with Crippen LogP contribution in [0.4, 0.5) is 0 Å². The molecule has 108 valence electrons. The number of hydrogen-bond donors (Lipinski definition) is 2. The van der Waals surface area contributed by atoms with Crippen LogP contribution in [-0.4, -0.2) is 37.7 Å². The fourth-order valence-electron chi connectivity index (χ4n) is 1.53.